The van der Waals surface area contributed by atoms with Gasteiger partial charge in [-0.1, -0.05) is 25.3 Å². The fourth-order valence-electron chi connectivity index (χ4n) is 2.57. The summed E-state index contributed by atoms with van der Waals surface area (Å²) < 4.78 is 11.3. The highest BCUT2D eigenvalue weighted by atomic mass is 16.5. The molecule has 0 spiro atoms. The maximum absolute atomic E-state index is 5.89. The van der Waals surface area contributed by atoms with Crippen LogP contribution in [0.4, 0.5) is 0 Å². The molecule has 1 aliphatic carbocycles. The van der Waals surface area contributed by atoms with Gasteiger partial charge < -0.3 is 9.47 Å². The van der Waals surface area contributed by atoms with Crippen molar-refractivity contribution in [3.63, 3.8) is 0 Å². The summed E-state index contributed by atoms with van der Waals surface area (Å²) in [5, 5.41) is 0. The Bertz CT molecular complexity index is 448. The Morgan fingerprint density at radius 3 is 2.60 bits per heavy atom. The SMILES string of the molecule is COc1cccc(C=NC2CCCCC2)c1OC(C)C. The monoisotopic (exact) mass is 275 g/mol. The third-order valence-electron chi connectivity index (χ3n) is 3.58. The first-order valence-electron chi connectivity index (χ1n) is 7.57. The fourth-order valence-corrected chi connectivity index (χ4v) is 2.57. The van der Waals surface area contributed by atoms with Crippen molar-refractivity contribution in [3.05, 3.63) is 23.8 Å². The molecule has 0 atom stereocenters. The highest BCUT2D eigenvalue weighted by molar-refractivity contribution is 5.85. The zero-order valence-corrected chi connectivity index (χ0v) is 12.8. The van der Waals surface area contributed by atoms with Crippen LogP contribution in [-0.4, -0.2) is 25.5 Å². The fraction of sp³-hybridized carbons (Fsp3) is 0.588. The van der Waals surface area contributed by atoms with Crippen LogP contribution in [0.5, 0.6) is 11.5 Å². The standard InChI is InChI=1S/C17H25NO2/c1-13(2)20-17-14(8-7-11-16(17)19-3)12-18-15-9-5-4-6-10-15/h7-8,11-13,15H,4-6,9-10H2,1-3H3. The van der Waals surface area contributed by atoms with E-state index in [9.17, 15) is 0 Å². The molecule has 0 aromatic heterocycles. The van der Waals surface area contributed by atoms with E-state index in [1.807, 2.05) is 38.3 Å². The van der Waals surface area contributed by atoms with Gasteiger partial charge in [0.2, 0.25) is 0 Å². The van der Waals surface area contributed by atoms with Gasteiger partial charge in [-0.2, -0.15) is 0 Å². The Kier molecular flexibility index (Phi) is 5.45. The van der Waals surface area contributed by atoms with Crippen molar-refractivity contribution in [3.8, 4) is 11.5 Å². The maximum Gasteiger partial charge on any atom is 0.170 e. The number of hydrogen-bond donors (Lipinski definition) is 0. The van der Waals surface area contributed by atoms with Gasteiger partial charge in [0.15, 0.2) is 11.5 Å². The summed E-state index contributed by atoms with van der Waals surface area (Å²) in [6.45, 7) is 4.04. The van der Waals surface area contributed by atoms with Crippen molar-refractivity contribution >= 4 is 6.21 Å². The molecule has 1 fully saturated rings. The van der Waals surface area contributed by atoms with E-state index in [4.69, 9.17) is 14.5 Å². The van der Waals surface area contributed by atoms with Gasteiger partial charge in [-0.25, -0.2) is 0 Å². The first kappa shape index (κ1) is 14.9. The van der Waals surface area contributed by atoms with Gasteiger partial charge in [-0.15, -0.1) is 0 Å². The van der Waals surface area contributed by atoms with Crippen LogP contribution in [0.3, 0.4) is 0 Å². The summed E-state index contributed by atoms with van der Waals surface area (Å²) >= 11 is 0. The normalized spacial score (nSPS) is 16.8. The van der Waals surface area contributed by atoms with Gasteiger partial charge in [0.1, 0.15) is 0 Å². The second-order valence-electron chi connectivity index (χ2n) is 5.62. The van der Waals surface area contributed by atoms with E-state index >= 15 is 0 Å². The molecule has 0 radical (unpaired) electrons. The van der Waals surface area contributed by atoms with Crippen LogP contribution in [0.1, 0.15) is 51.5 Å². The van der Waals surface area contributed by atoms with E-state index in [0.717, 1.165) is 17.1 Å². The topological polar surface area (TPSA) is 30.8 Å². The van der Waals surface area contributed by atoms with Crippen molar-refractivity contribution in [2.75, 3.05) is 7.11 Å². The number of rotatable bonds is 5. The molecule has 1 aromatic rings. The second kappa shape index (κ2) is 7.32. The summed E-state index contributed by atoms with van der Waals surface area (Å²) in [6, 6.07) is 6.41. The minimum absolute atomic E-state index is 0.119. The smallest absolute Gasteiger partial charge is 0.170 e. The minimum Gasteiger partial charge on any atom is -0.493 e. The van der Waals surface area contributed by atoms with E-state index in [1.165, 1.54) is 32.1 Å². The number of methoxy groups -OCH3 is 1. The van der Waals surface area contributed by atoms with Gasteiger partial charge in [0, 0.05) is 17.8 Å². The number of benzene rings is 1. The molecule has 0 N–H and O–H groups in total. The molecule has 110 valence electrons. The Morgan fingerprint density at radius 1 is 1.20 bits per heavy atom. The minimum atomic E-state index is 0.119. The molecule has 0 aliphatic heterocycles. The zero-order valence-electron chi connectivity index (χ0n) is 12.8. The molecule has 0 unspecified atom stereocenters. The van der Waals surface area contributed by atoms with Crippen LogP contribution in [-0.2, 0) is 0 Å². The van der Waals surface area contributed by atoms with Gasteiger partial charge in [-0.05, 0) is 38.8 Å². The molecule has 3 heteroatoms. The van der Waals surface area contributed by atoms with Crippen LogP contribution >= 0.6 is 0 Å². The van der Waals surface area contributed by atoms with Gasteiger partial charge in [0.25, 0.3) is 0 Å². The lowest BCUT2D eigenvalue weighted by atomic mass is 9.96. The van der Waals surface area contributed by atoms with Crippen LogP contribution < -0.4 is 9.47 Å². The first-order valence-corrected chi connectivity index (χ1v) is 7.57. The summed E-state index contributed by atoms with van der Waals surface area (Å²) in [6.07, 6.45) is 8.45. The Hall–Kier alpha value is -1.51. The van der Waals surface area contributed by atoms with Crippen molar-refractivity contribution in [2.24, 2.45) is 4.99 Å². The molecular formula is C17H25NO2. The van der Waals surface area contributed by atoms with E-state index in [1.54, 1.807) is 7.11 Å². The molecule has 3 nitrogen and oxygen atoms in total. The number of nitrogens with zero attached hydrogens (tertiary/aromatic N) is 1. The van der Waals surface area contributed by atoms with Crippen molar-refractivity contribution < 1.29 is 9.47 Å². The van der Waals surface area contributed by atoms with Crippen molar-refractivity contribution in [1.29, 1.82) is 0 Å². The molecule has 1 saturated carbocycles. The molecule has 2 rings (SSSR count). The molecule has 1 aromatic carbocycles. The predicted molar refractivity (Wildman–Crippen MR) is 83.2 cm³/mol. The van der Waals surface area contributed by atoms with Gasteiger partial charge >= 0.3 is 0 Å². The predicted octanol–water partition coefficient (Wildman–Crippen LogP) is 4.23. The molecular weight excluding hydrogens is 250 g/mol. The summed E-state index contributed by atoms with van der Waals surface area (Å²) in [5.41, 5.74) is 1.00. The van der Waals surface area contributed by atoms with E-state index in [-0.39, 0.29) is 6.10 Å². The van der Waals surface area contributed by atoms with Crippen molar-refractivity contribution in [2.45, 2.75) is 58.1 Å². The summed E-state index contributed by atoms with van der Waals surface area (Å²) in [7, 11) is 1.67. The molecule has 0 heterocycles. The summed E-state index contributed by atoms with van der Waals surface area (Å²) in [5.74, 6) is 1.57. The Morgan fingerprint density at radius 2 is 1.95 bits per heavy atom. The molecule has 20 heavy (non-hydrogen) atoms. The van der Waals surface area contributed by atoms with Crippen LogP contribution in [0.2, 0.25) is 0 Å². The number of aliphatic imine (C=N–C) groups is 1. The third kappa shape index (κ3) is 3.99. The number of ether oxygens (including phenoxy) is 2. The van der Waals surface area contributed by atoms with E-state index in [0.29, 0.717) is 6.04 Å². The molecule has 0 amide bonds. The largest absolute Gasteiger partial charge is 0.493 e. The van der Waals surface area contributed by atoms with Crippen LogP contribution in [0.25, 0.3) is 0 Å². The summed E-state index contributed by atoms with van der Waals surface area (Å²) in [4.78, 5) is 4.74. The lowest BCUT2D eigenvalue weighted by Crippen LogP contribution is -2.11. The highest BCUT2D eigenvalue weighted by Crippen LogP contribution is 2.31. The van der Waals surface area contributed by atoms with E-state index < -0.39 is 0 Å². The van der Waals surface area contributed by atoms with Gasteiger partial charge in [-0.3, -0.25) is 4.99 Å². The maximum atomic E-state index is 5.89. The quantitative estimate of drug-likeness (QED) is 0.753. The number of para-hydroxylation sites is 1. The average Bonchev–Trinajstić information content (AvgIpc) is 2.46. The second-order valence-corrected chi connectivity index (χ2v) is 5.62. The molecule has 1 aliphatic rings. The van der Waals surface area contributed by atoms with Crippen molar-refractivity contribution in [1.82, 2.24) is 0 Å². The zero-order chi connectivity index (χ0) is 14.4. The third-order valence-corrected chi connectivity index (χ3v) is 3.58. The molecule has 0 bridgehead atoms. The first-order chi connectivity index (χ1) is 9.70. The Balaban J connectivity index is 2.18. The molecule has 0 saturated heterocycles. The lowest BCUT2D eigenvalue weighted by molar-refractivity contribution is 0.230. The van der Waals surface area contributed by atoms with Gasteiger partial charge in [0.05, 0.1) is 13.2 Å². The highest BCUT2D eigenvalue weighted by Gasteiger charge is 2.13. The van der Waals surface area contributed by atoms with Crippen LogP contribution in [0, 0.1) is 0 Å². The number of hydrogen-bond acceptors (Lipinski definition) is 3. The van der Waals surface area contributed by atoms with E-state index in [2.05, 4.69) is 0 Å². The Labute approximate surface area is 122 Å². The lowest BCUT2D eigenvalue weighted by Gasteiger charge is -2.18. The average molecular weight is 275 g/mol. The van der Waals surface area contributed by atoms with Crippen LogP contribution in [0.15, 0.2) is 23.2 Å².